The molecule has 9 nitrogen and oxygen atoms in total. The first kappa shape index (κ1) is 15.5. The number of rotatable bonds is 4. The fourth-order valence-corrected chi connectivity index (χ4v) is 2.52. The largest absolute Gasteiger partial charge is 0.480 e. The van der Waals surface area contributed by atoms with Crippen molar-refractivity contribution in [2.75, 3.05) is 26.8 Å². The molecule has 0 spiro atoms. The standard InChI is InChI=1S/C11H14N2O7S/c1-12-21(17,18)9-3-2-8(20-9)10(14)13-4-5-19-6-7(13)11(15)16/h2-3,7,12H,4-6H2,1H3,(H,15,16). The second-order valence-electron chi connectivity index (χ2n) is 4.25. The molecule has 10 heteroatoms. The maximum Gasteiger partial charge on any atom is 0.328 e. The first-order chi connectivity index (χ1) is 9.86. The van der Waals surface area contributed by atoms with E-state index in [1.807, 2.05) is 0 Å². The number of carbonyl (C=O) groups is 2. The normalized spacial score (nSPS) is 19.5. The number of nitrogens with zero attached hydrogens (tertiary/aromatic N) is 1. The predicted octanol–water partition coefficient (Wildman–Crippen LogP) is -0.887. The van der Waals surface area contributed by atoms with Crippen LogP contribution in [0.2, 0.25) is 0 Å². The number of ether oxygens (including phenoxy) is 1. The Morgan fingerprint density at radius 3 is 2.76 bits per heavy atom. The number of carboxylic acid groups (broad SMARTS) is 1. The van der Waals surface area contributed by atoms with Crippen LogP contribution in [0, 0.1) is 0 Å². The Morgan fingerprint density at radius 1 is 1.43 bits per heavy atom. The van der Waals surface area contributed by atoms with Crippen molar-refractivity contribution in [2.45, 2.75) is 11.1 Å². The van der Waals surface area contributed by atoms with Gasteiger partial charge in [-0.05, 0) is 19.2 Å². The van der Waals surface area contributed by atoms with E-state index in [0.29, 0.717) is 0 Å². The molecule has 1 aliphatic heterocycles. The number of hydrogen-bond acceptors (Lipinski definition) is 6. The van der Waals surface area contributed by atoms with Crippen LogP contribution in [0.15, 0.2) is 21.6 Å². The quantitative estimate of drug-likeness (QED) is 0.737. The summed E-state index contributed by atoms with van der Waals surface area (Å²) in [6, 6.07) is 1.21. The first-order valence-corrected chi connectivity index (χ1v) is 7.50. The SMILES string of the molecule is CNS(=O)(=O)c1ccc(C(=O)N2CCOCC2C(=O)O)o1. The number of hydrogen-bond donors (Lipinski definition) is 2. The van der Waals surface area contributed by atoms with E-state index in [2.05, 4.69) is 4.72 Å². The summed E-state index contributed by atoms with van der Waals surface area (Å²) in [7, 11) is -2.59. The zero-order chi connectivity index (χ0) is 15.6. The third-order valence-corrected chi connectivity index (χ3v) is 4.29. The van der Waals surface area contributed by atoms with Crippen LogP contribution in [0.3, 0.4) is 0 Å². The molecule has 2 rings (SSSR count). The number of aliphatic carboxylic acids is 1. The molecule has 0 saturated carbocycles. The van der Waals surface area contributed by atoms with Crippen molar-refractivity contribution in [3.8, 4) is 0 Å². The van der Waals surface area contributed by atoms with Crippen LogP contribution in [0.1, 0.15) is 10.6 Å². The highest BCUT2D eigenvalue weighted by Gasteiger charge is 2.35. The van der Waals surface area contributed by atoms with Gasteiger partial charge in [0.05, 0.1) is 13.2 Å². The number of nitrogens with one attached hydrogen (secondary N) is 1. The molecule has 1 aliphatic rings. The van der Waals surface area contributed by atoms with Crippen LogP contribution < -0.4 is 4.72 Å². The molecule has 0 aromatic carbocycles. The number of carboxylic acids is 1. The highest BCUT2D eigenvalue weighted by Crippen LogP contribution is 2.18. The van der Waals surface area contributed by atoms with Crippen LogP contribution in [0.25, 0.3) is 0 Å². The summed E-state index contributed by atoms with van der Waals surface area (Å²) in [5.41, 5.74) is 0. The lowest BCUT2D eigenvalue weighted by Gasteiger charge is -2.32. The van der Waals surface area contributed by atoms with Crippen LogP contribution in [-0.4, -0.2) is 63.1 Å². The molecule has 2 heterocycles. The van der Waals surface area contributed by atoms with E-state index in [4.69, 9.17) is 14.3 Å². The molecule has 21 heavy (non-hydrogen) atoms. The molecule has 0 aliphatic carbocycles. The fraction of sp³-hybridized carbons (Fsp3) is 0.455. The third kappa shape index (κ3) is 3.06. The molecule has 116 valence electrons. The van der Waals surface area contributed by atoms with Crippen LogP contribution in [-0.2, 0) is 19.6 Å². The molecule has 1 amide bonds. The van der Waals surface area contributed by atoms with Crippen LogP contribution in [0.5, 0.6) is 0 Å². The molecule has 2 N–H and O–H groups in total. The molecule has 1 aromatic rings. The van der Waals surface area contributed by atoms with E-state index in [-0.39, 0.29) is 25.5 Å². The number of furan rings is 1. The van der Waals surface area contributed by atoms with Gasteiger partial charge in [-0.2, -0.15) is 0 Å². The number of amides is 1. The lowest BCUT2D eigenvalue weighted by Crippen LogP contribution is -2.52. The van der Waals surface area contributed by atoms with E-state index in [1.54, 1.807) is 0 Å². The van der Waals surface area contributed by atoms with Crippen LogP contribution in [0.4, 0.5) is 0 Å². The lowest BCUT2D eigenvalue weighted by molar-refractivity contribution is -0.147. The van der Waals surface area contributed by atoms with Gasteiger partial charge in [0, 0.05) is 6.54 Å². The average molecular weight is 318 g/mol. The van der Waals surface area contributed by atoms with Gasteiger partial charge in [-0.15, -0.1) is 0 Å². The Bertz CT molecular complexity index is 651. The second-order valence-corrected chi connectivity index (χ2v) is 6.07. The highest BCUT2D eigenvalue weighted by atomic mass is 32.2. The topological polar surface area (TPSA) is 126 Å². The second kappa shape index (κ2) is 5.84. The van der Waals surface area contributed by atoms with Crippen molar-refractivity contribution in [1.82, 2.24) is 9.62 Å². The summed E-state index contributed by atoms with van der Waals surface area (Å²) < 4.78 is 35.2. The minimum absolute atomic E-state index is 0.0879. The Morgan fingerprint density at radius 2 is 2.14 bits per heavy atom. The molecular formula is C11H14N2O7S. The molecule has 1 unspecified atom stereocenters. The van der Waals surface area contributed by atoms with Gasteiger partial charge in [0.1, 0.15) is 0 Å². The predicted molar refractivity (Wildman–Crippen MR) is 68.2 cm³/mol. The third-order valence-electron chi connectivity index (χ3n) is 3.00. The molecule has 1 saturated heterocycles. The van der Waals surface area contributed by atoms with Crippen molar-refractivity contribution in [2.24, 2.45) is 0 Å². The Balaban J connectivity index is 2.25. The minimum atomic E-state index is -3.80. The zero-order valence-corrected chi connectivity index (χ0v) is 11.9. The van der Waals surface area contributed by atoms with Crippen molar-refractivity contribution in [3.63, 3.8) is 0 Å². The van der Waals surface area contributed by atoms with Crippen molar-refractivity contribution in [1.29, 1.82) is 0 Å². The summed E-state index contributed by atoms with van der Waals surface area (Å²) in [6.07, 6.45) is 0. The Hall–Kier alpha value is -1.91. The Kier molecular flexibility index (Phi) is 4.30. The zero-order valence-electron chi connectivity index (χ0n) is 11.1. The minimum Gasteiger partial charge on any atom is -0.480 e. The lowest BCUT2D eigenvalue weighted by atomic mass is 10.2. The van der Waals surface area contributed by atoms with Gasteiger partial charge in [-0.25, -0.2) is 17.9 Å². The monoisotopic (exact) mass is 318 g/mol. The first-order valence-electron chi connectivity index (χ1n) is 6.01. The number of sulfonamides is 1. The maximum absolute atomic E-state index is 12.2. The summed E-state index contributed by atoms with van der Waals surface area (Å²) >= 11 is 0. The molecule has 1 fully saturated rings. The van der Waals surface area contributed by atoms with Crippen molar-refractivity contribution in [3.05, 3.63) is 17.9 Å². The molecule has 1 aromatic heterocycles. The summed E-state index contributed by atoms with van der Waals surface area (Å²) in [6.45, 7) is 0.173. The van der Waals surface area contributed by atoms with E-state index < -0.39 is 33.0 Å². The van der Waals surface area contributed by atoms with Gasteiger partial charge >= 0.3 is 5.97 Å². The van der Waals surface area contributed by atoms with Gasteiger partial charge in [0.2, 0.25) is 5.09 Å². The van der Waals surface area contributed by atoms with Crippen molar-refractivity contribution >= 4 is 21.9 Å². The summed E-state index contributed by atoms with van der Waals surface area (Å²) in [5, 5.41) is 8.66. The van der Waals surface area contributed by atoms with Gasteiger partial charge < -0.3 is 19.2 Å². The highest BCUT2D eigenvalue weighted by molar-refractivity contribution is 7.89. The maximum atomic E-state index is 12.2. The smallest absolute Gasteiger partial charge is 0.328 e. The van der Waals surface area contributed by atoms with Gasteiger partial charge in [-0.1, -0.05) is 0 Å². The van der Waals surface area contributed by atoms with Gasteiger partial charge in [0.15, 0.2) is 11.8 Å². The number of morpholine rings is 1. The number of carbonyl (C=O) groups excluding carboxylic acids is 1. The van der Waals surface area contributed by atoms with E-state index in [0.717, 1.165) is 11.0 Å². The fourth-order valence-electron chi connectivity index (χ4n) is 1.87. The van der Waals surface area contributed by atoms with E-state index >= 15 is 0 Å². The van der Waals surface area contributed by atoms with Gasteiger partial charge in [-0.3, -0.25) is 4.79 Å². The summed E-state index contributed by atoms with van der Waals surface area (Å²) in [4.78, 5) is 24.4. The molecule has 1 atom stereocenters. The van der Waals surface area contributed by atoms with Crippen molar-refractivity contribution < 1.29 is 32.3 Å². The molecule has 0 bridgehead atoms. The van der Waals surface area contributed by atoms with E-state index in [9.17, 15) is 18.0 Å². The summed E-state index contributed by atoms with van der Waals surface area (Å²) in [5.74, 6) is -2.13. The molecular weight excluding hydrogens is 304 g/mol. The van der Waals surface area contributed by atoms with E-state index in [1.165, 1.54) is 13.1 Å². The van der Waals surface area contributed by atoms with Crippen LogP contribution >= 0.6 is 0 Å². The Labute approximate surface area is 120 Å². The molecule has 0 radical (unpaired) electrons. The van der Waals surface area contributed by atoms with Gasteiger partial charge in [0.25, 0.3) is 15.9 Å². The average Bonchev–Trinajstić information content (AvgIpc) is 2.97.